The van der Waals surface area contributed by atoms with Gasteiger partial charge in [0.1, 0.15) is 6.67 Å². The van der Waals surface area contributed by atoms with Gasteiger partial charge in [-0.25, -0.2) is 0 Å². The second kappa shape index (κ2) is 11.0. The molecular formula is C45H29N3S. The van der Waals surface area contributed by atoms with Gasteiger partial charge in [-0.15, -0.1) is 11.3 Å². The van der Waals surface area contributed by atoms with Crippen molar-refractivity contribution in [2.75, 3.05) is 0 Å². The summed E-state index contributed by atoms with van der Waals surface area (Å²) in [5, 5.41) is 12.5. The van der Waals surface area contributed by atoms with Crippen molar-refractivity contribution in [3.63, 3.8) is 0 Å². The average Bonchev–Trinajstić information content (AvgIpc) is 3.72. The molecule has 0 aliphatic heterocycles. The summed E-state index contributed by atoms with van der Waals surface area (Å²) in [6.45, 7) is 4.45. The summed E-state index contributed by atoms with van der Waals surface area (Å²) in [6, 6.07) is 54.2. The largest absolute Gasteiger partial charge is 0.320 e. The third-order valence-corrected chi connectivity index (χ3v) is 11.1. The molecule has 49 heavy (non-hydrogen) atoms. The van der Waals surface area contributed by atoms with Crippen LogP contribution < -0.4 is 0 Å². The van der Waals surface area contributed by atoms with Crippen molar-refractivity contribution in [1.29, 1.82) is 0 Å². The van der Waals surface area contributed by atoms with Gasteiger partial charge in [-0.3, -0.25) is 9.98 Å². The molecule has 0 N–H and O–H groups in total. The molecule has 0 amide bonds. The van der Waals surface area contributed by atoms with Gasteiger partial charge in [0.05, 0.1) is 22.4 Å². The van der Waals surface area contributed by atoms with E-state index < -0.39 is 0 Å². The Balaban J connectivity index is 1.32. The van der Waals surface area contributed by atoms with E-state index in [1.165, 1.54) is 63.5 Å². The van der Waals surface area contributed by atoms with Crippen LogP contribution in [0.15, 0.2) is 162 Å². The Morgan fingerprint density at radius 3 is 1.98 bits per heavy atom. The molecule has 2 aromatic heterocycles. The zero-order valence-corrected chi connectivity index (χ0v) is 27.4. The fourth-order valence-corrected chi connectivity index (χ4v) is 9.12. The maximum Gasteiger partial charge on any atom is 0.115 e. The normalized spacial score (nSPS) is 12.4. The molecule has 0 radical (unpaired) electrons. The molecule has 10 aromatic rings. The molecular weight excluding hydrogens is 615 g/mol. The minimum Gasteiger partial charge on any atom is -0.320 e. The number of para-hydroxylation sites is 1. The van der Waals surface area contributed by atoms with E-state index in [1.807, 2.05) is 17.4 Å². The van der Waals surface area contributed by atoms with Crippen LogP contribution in [0.2, 0.25) is 0 Å². The molecule has 0 aliphatic carbocycles. The van der Waals surface area contributed by atoms with Gasteiger partial charge in [-0.05, 0) is 41.1 Å². The van der Waals surface area contributed by atoms with Gasteiger partial charge < -0.3 is 4.57 Å². The van der Waals surface area contributed by atoms with Gasteiger partial charge in [0.25, 0.3) is 0 Å². The Morgan fingerprint density at radius 2 is 1.18 bits per heavy atom. The van der Waals surface area contributed by atoms with E-state index in [0.29, 0.717) is 6.67 Å². The van der Waals surface area contributed by atoms with Crippen molar-refractivity contribution in [3.8, 4) is 0 Å². The van der Waals surface area contributed by atoms with Crippen molar-refractivity contribution in [2.45, 2.75) is 6.67 Å². The SMILES string of the molecule is C=Nc1c(/C(=N\Cn2c3ccccc3c3c4c(sc5ccc6ccccc6c54)c4ccccc4c32)c2ccccc2)ccc2ccccc12. The minimum absolute atomic E-state index is 0.440. The van der Waals surface area contributed by atoms with Crippen molar-refractivity contribution >= 4 is 104 Å². The molecule has 10 rings (SSSR count). The van der Waals surface area contributed by atoms with Crippen LogP contribution in [0.5, 0.6) is 0 Å². The first-order valence-electron chi connectivity index (χ1n) is 16.5. The van der Waals surface area contributed by atoms with Gasteiger partial charge >= 0.3 is 0 Å². The van der Waals surface area contributed by atoms with Crippen LogP contribution in [0.25, 0.3) is 74.3 Å². The Labute approximate surface area is 286 Å². The van der Waals surface area contributed by atoms with Gasteiger partial charge in [-0.1, -0.05) is 133 Å². The summed E-state index contributed by atoms with van der Waals surface area (Å²) >= 11 is 1.90. The number of benzene rings is 8. The molecule has 0 saturated heterocycles. The molecule has 3 nitrogen and oxygen atoms in total. The van der Waals surface area contributed by atoms with Gasteiger partial charge in [0.2, 0.25) is 0 Å². The van der Waals surface area contributed by atoms with Crippen molar-refractivity contribution in [1.82, 2.24) is 4.57 Å². The lowest BCUT2D eigenvalue weighted by Gasteiger charge is -2.14. The lowest BCUT2D eigenvalue weighted by atomic mass is 9.96. The Hall–Kier alpha value is -6.10. The van der Waals surface area contributed by atoms with E-state index in [-0.39, 0.29) is 0 Å². The highest BCUT2D eigenvalue weighted by atomic mass is 32.1. The number of aromatic nitrogens is 1. The highest BCUT2D eigenvalue weighted by Crippen LogP contribution is 2.49. The van der Waals surface area contributed by atoms with Crippen LogP contribution in [-0.2, 0) is 6.67 Å². The Morgan fingerprint density at radius 1 is 0.551 bits per heavy atom. The highest BCUT2D eigenvalue weighted by Gasteiger charge is 2.22. The number of nitrogens with zero attached hydrogens (tertiary/aromatic N) is 3. The molecule has 0 aliphatic rings. The van der Waals surface area contributed by atoms with E-state index >= 15 is 0 Å². The van der Waals surface area contributed by atoms with Gasteiger partial charge in [0, 0.05) is 58.2 Å². The monoisotopic (exact) mass is 643 g/mol. The van der Waals surface area contributed by atoms with Crippen LogP contribution in [0.4, 0.5) is 5.69 Å². The zero-order chi connectivity index (χ0) is 32.5. The molecule has 230 valence electrons. The minimum atomic E-state index is 0.440. The second-order valence-corrected chi connectivity index (χ2v) is 13.6. The second-order valence-electron chi connectivity index (χ2n) is 12.5. The summed E-state index contributed by atoms with van der Waals surface area (Å²) < 4.78 is 5.07. The van der Waals surface area contributed by atoms with E-state index in [0.717, 1.165) is 33.3 Å². The van der Waals surface area contributed by atoms with E-state index in [4.69, 9.17) is 4.99 Å². The van der Waals surface area contributed by atoms with Crippen LogP contribution in [0.3, 0.4) is 0 Å². The predicted molar refractivity (Wildman–Crippen MR) is 213 cm³/mol. The lowest BCUT2D eigenvalue weighted by molar-refractivity contribution is 0.795. The average molecular weight is 644 g/mol. The van der Waals surface area contributed by atoms with E-state index in [9.17, 15) is 0 Å². The van der Waals surface area contributed by atoms with Gasteiger partial charge in [-0.2, -0.15) is 0 Å². The summed E-state index contributed by atoms with van der Waals surface area (Å²) in [5.41, 5.74) is 6.16. The number of hydrogen-bond donors (Lipinski definition) is 0. The number of rotatable bonds is 5. The zero-order valence-electron chi connectivity index (χ0n) is 26.6. The molecule has 0 fully saturated rings. The van der Waals surface area contributed by atoms with Crippen LogP contribution in [0.1, 0.15) is 11.1 Å². The summed E-state index contributed by atoms with van der Waals surface area (Å²) in [6.07, 6.45) is 0. The van der Waals surface area contributed by atoms with Crippen molar-refractivity contribution in [2.24, 2.45) is 9.98 Å². The summed E-state index contributed by atoms with van der Waals surface area (Å²) in [4.78, 5) is 10.1. The fourth-order valence-electron chi connectivity index (χ4n) is 7.85. The predicted octanol–water partition coefficient (Wildman–Crippen LogP) is 12.4. The Kier molecular flexibility index (Phi) is 6.27. The topological polar surface area (TPSA) is 29.6 Å². The van der Waals surface area contributed by atoms with Gasteiger partial charge in [0.15, 0.2) is 0 Å². The van der Waals surface area contributed by atoms with E-state index in [2.05, 4.69) is 162 Å². The molecule has 0 unspecified atom stereocenters. The molecule has 8 aromatic carbocycles. The van der Waals surface area contributed by atoms with Crippen LogP contribution >= 0.6 is 11.3 Å². The van der Waals surface area contributed by atoms with Crippen LogP contribution in [-0.4, -0.2) is 17.0 Å². The first-order valence-corrected chi connectivity index (χ1v) is 17.4. The quantitative estimate of drug-likeness (QED) is 0.167. The maximum atomic E-state index is 5.50. The van der Waals surface area contributed by atoms with E-state index in [1.54, 1.807) is 0 Å². The number of hydrogen-bond acceptors (Lipinski definition) is 3. The number of aliphatic imine (C=N–C) groups is 2. The molecule has 0 bridgehead atoms. The number of thiophene rings is 1. The fraction of sp³-hybridized carbons (Fsp3) is 0.0222. The standard InChI is InChI=1S/C45H29N3S/c1-46-43-32-18-8-6-14-29(32)23-25-36(43)42(30-15-3-2-4-16-30)47-27-48-37-22-12-11-21-35(37)40-41-39-31-17-7-5-13-28(31)24-26-38(39)49-45(41)34-20-10-9-19-33(34)44(40)48/h2-26H,1,27H2/b47-42-. The number of fused-ring (bicyclic) bond motifs is 13. The van der Waals surface area contributed by atoms with Crippen molar-refractivity contribution < 1.29 is 0 Å². The summed E-state index contributed by atoms with van der Waals surface area (Å²) in [7, 11) is 0. The Bertz CT molecular complexity index is 2980. The highest BCUT2D eigenvalue weighted by molar-refractivity contribution is 7.27. The molecule has 4 heteroatoms. The lowest BCUT2D eigenvalue weighted by Crippen LogP contribution is -2.07. The molecule has 0 saturated carbocycles. The molecule has 2 heterocycles. The molecule has 0 spiro atoms. The molecule has 0 atom stereocenters. The summed E-state index contributed by atoms with van der Waals surface area (Å²) in [5.74, 6) is 0. The van der Waals surface area contributed by atoms with Crippen molar-refractivity contribution in [3.05, 3.63) is 163 Å². The van der Waals surface area contributed by atoms with Crippen LogP contribution in [0, 0.1) is 0 Å². The third-order valence-electron chi connectivity index (χ3n) is 9.96. The maximum absolute atomic E-state index is 5.50. The third kappa shape index (κ3) is 4.14. The first kappa shape index (κ1) is 28.0. The first-order chi connectivity index (χ1) is 24.3. The smallest absolute Gasteiger partial charge is 0.115 e.